The molecule has 3 N–H and O–H groups in total. The maximum atomic E-state index is 9.63. The molecule has 0 aromatic carbocycles. The highest BCUT2D eigenvalue weighted by molar-refractivity contribution is 8.13. The molecule has 4 atom stereocenters. The number of aliphatic hydroxyl groups is 3. The lowest BCUT2D eigenvalue weighted by atomic mass is 10.1. The number of nitrogens with zero attached hydrogens (tertiary/aromatic N) is 1. The molecule has 0 bridgehead atoms. The molecule has 0 aromatic rings. The third-order valence-corrected chi connectivity index (χ3v) is 3.35. The predicted octanol–water partition coefficient (Wildman–Crippen LogP) is -0.130. The number of hydrogen-bond acceptors (Lipinski definition) is 5. The van der Waals surface area contributed by atoms with Gasteiger partial charge in [-0.3, -0.25) is 4.99 Å². The van der Waals surface area contributed by atoms with Crippen LogP contribution in [0.5, 0.6) is 0 Å². The Morgan fingerprint density at radius 2 is 2.07 bits per heavy atom. The summed E-state index contributed by atoms with van der Waals surface area (Å²) in [7, 11) is 0. The summed E-state index contributed by atoms with van der Waals surface area (Å²) in [4.78, 5) is 4.28. The van der Waals surface area contributed by atoms with Crippen LogP contribution in [0.1, 0.15) is 13.3 Å². The van der Waals surface area contributed by atoms with Gasteiger partial charge in [0, 0.05) is 12.5 Å². The average Bonchev–Trinajstić information content (AvgIpc) is 2.45. The zero-order chi connectivity index (χ0) is 10.7. The highest BCUT2D eigenvalue weighted by Crippen LogP contribution is 2.29. The van der Waals surface area contributed by atoms with Crippen molar-refractivity contribution in [2.24, 2.45) is 10.9 Å². The molecule has 1 aliphatic rings. The Balaban J connectivity index is 2.65. The second-order valence-corrected chi connectivity index (χ2v) is 4.58. The lowest BCUT2D eigenvalue weighted by Crippen LogP contribution is -2.31. The Kier molecular flexibility index (Phi) is 4.37. The summed E-state index contributed by atoms with van der Waals surface area (Å²) in [6, 6.07) is -0.269. The fourth-order valence-corrected chi connectivity index (χ4v) is 1.93. The Hall–Kier alpha value is -0.100. The smallest absolute Gasteiger partial charge is 0.103 e. The minimum Gasteiger partial charge on any atom is -0.396 e. The van der Waals surface area contributed by atoms with Gasteiger partial charge in [0.15, 0.2) is 0 Å². The normalized spacial score (nSPS) is 39.1. The molecule has 82 valence electrons. The molecule has 1 rings (SSSR count). The van der Waals surface area contributed by atoms with Crippen molar-refractivity contribution in [2.75, 3.05) is 12.9 Å². The lowest BCUT2D eigenvalue weighted by Gasteiger charge is -2.14. The molecule has 0 spiro atoms. The van der Waals surface area contributed by atoms with Crippen molar-refractivity contribution in [2.45, 2.75) is 31.6 Å². The second kappa shape index (κ2) is 5.11. The molecule has 0 aromatic heterocycles. The number of aliphatic imine (C=N–C) groups is 1. The van der Waals surface area contributed by atoms with Crippen molar-refractivity contribution in [3.05, 3.63) is 0 Å². The van der Waals surface area contributed by atoms with E-state index in [0.717, 1.165) is 5.04 Å². The second-order valence-electron chi connectivity index (χ2n) is 3.58. The molecule has 0 amide bonds. The van der Waals surface area contributed by atoms with Crippen LogP contribution in [-0.4, -0.2) is 51.5 Å². The van der Waals surface area contributed by atoms with Crippen LogP contribution in [0.4, 0.5) is 0 Å². The fraction of sp³-hybridized carbons (Fsp3) is 0.889. The molecule has 1 saturated carbocycles. The van der Waals surface area contributed by atoms with Crippen molar-refractivity contribution in [3.8, 4) is 0 Å². The van der Waals surface area contributed by atoms with Crippen LogP contribution in [0.25, 0.3) is 0 Å². The molecule has 5 heteroatoms. The standard InChI is InChI=1S/C9H17NO3S/c1-5(14-2)10-7-3-6(4-11)8(12)9(7)13/h6-9,11-13H,3-4H2,1-2H3/b10-5-/t6-,7?,8-,9-/m1/s1. The number of aliphatic hydroxyl groups excluding tert-OH is 3. The maximum absolute atomic E-state index is 9.63. The van der Waals surface area contributed by atoms with Gasteiger partial charge < -0.3 is 15.3 Å². The van der Waals surface area contributed by atoms with Gasteiger partial charge in [-0.05, 0) is 19.6 Å². The SMILES string of the molecule is CS/C(C)=N\C1C[C@H](CO)[C@@H](O)[C@@H]1O. The molecular formula is C9H17NO3S. The predicted molar refractivity (Wildman–Crippen MR) is 57.6 cm³/mol. The van der Waals surface area contributed by atoms with Gasteiger partial charge in [0.1, 0.15) is 6.10 Å². The zero-order valence-electron chi connectivity index (χ0n) is 8.42. The van der Waals surface area contributed by atoms with E-state index in [2.05, 4.69) is 4.99 Å². The monoisotopic (exact) mass is 219 g/mol. The Labute approximate surface area is 88.1 Å². The van der Waals surface area contributed by atoms with Crippen molar-refractivity contribution in [1.29, 1.82) is 0 Å². The van der Waals surface area contributed by atoms with Crippen LogP contribution in [0, 0.1) is 5.92 Å². The summed E-state index contributed by atoms with van der Waals surface area (Å²) in [5.74, 6) is -0.242. The van der Waals surface area contributed by atoms with Gasteiger partial charge in [0.2, 0.25) is 0 Å². The highest BCUT2D eigenvalue weighted by Gasteiger charge is 2.40. The van der Waals surface area contributed by atoms with Crippen molar-refractivity contribution < 1.29 is 15.3 Å². The minimum absolute atomic E-state index is 0.0947. The molecule has 1 aliphatic carbocycles. The summed E-state index contributed by atoms with van der Waals surface area (Å²) in [6.07, 6.45) is 0.786. The summed E-state index contributed by atoms with van der Waals surface area (Å²) >= 11 is 1.52. The van der Waals surface area contributed by atoms with E-state index < -0.39 is 12.2 Å². The highest BCUT2D eigenvalue weighted by atomic mass is 32.2. The summed E-state index contributed by atoms with van der Waals surface area (Å²) in [5.41, 5.74) is 0. The van der Waals surface area contributed by atoms with Crippen LogP contribution < -0.4 is 0 Å². The van der Waals surface area contributed by atoms with Gasteiger partial charge in [-0.1, -0.05) is 0 Å². The van der Waals surface area contributed by atoms with Gasteiger partial charge in [-0.15, -0.1) is 11.8 Å². The molecule has 0 heterocycles. The van der Waals surface area contributed by atoms with E-state index in [9.17, 15) is 10.2 Å². The first-order valence-corrected chi connectivity index (χ1v) is 5.88. The van der Waals surface area contributed by atoms with E-state index >= 15 is 0 Å². The Bertz CT molecular complexity index is 222. The molecule has 1 unspecified atom stereocenters. The third kappa shape index (κ3) is 2.48. The van der Waals surface area contributed by atoms with Crippen molar-refractivity contribution in [3.63, 3.8) is 0 Å². The topological polar surface area (TPSA) is 73.1 Å². The molecule has 0 saturated heterocycles. The van der Waals surface area contributed by atoms with E-state index in [-0.39, 0.29) is 18.6 Å². The van der Waals surface area contributed by atoms with E-state index in [1.807, 2.05) is 13.2 Å². The number of rotatable bonds is 2. The Morgan fingerprint density at radius 3 is 2.50 bits per heavy atom. The fourth-order valence-electron chi connectivity index (χ4n) is 1.69. The van der Waals surface area contributed by atoms with Gasteiger partial charge in [0.05, 0.1) is 17.2 Å². The summed E-state index contributed by atoms with van der Waals surface area (Å²) < 4.78 is 0. The van der Waals surface area contributed by atoms with Crippen molar-refractivity contribution in [1.82, 2.24) is 0 Å². The lowest BCUT2D eigenvalue weighted by molar-refractivity contribution is 0.00321. The van der Waals surface area contributed by atoms with E-state index in [1.165, 1.54) is 11.8 Å². The van der Waals surface area contributed by atoms with E-state index in [1.54, 1.807) is 0 Å². The van der Waals surface area contributed by atoms with E-state index in [4.69, 9.17) is 5.11 Å². The largest absolute Gasteiger partial charge is 0.396 e. The zero-order valence-corrected chi connectivity index (χ0v) is 9.24. The summed E-state index contributed by atoms with van der Waals surface area (Å²) in [5, 5.41) is 29.0. The van der Waals surface area contributed by atoms with Crippen LogP contribution >= 0.6 is 11.8 Å². The number of hydrogen-bond donors (Lipinski definition) is 3. The molecule has 0 aliphatic heterocycles. The average molecular weight is 219 g/mol. The van der Waals surface area contributed by atoms with E-state index in [0.29, 0.717) is 6.42 Å². The van der Waals surface area contributed by atoms with Gasteiger partial charge >= 0.3 is 0 Å². The number of thioether (sulfide) groups is 1. The van der Waals surface area contributed by atoms with Crippen LogP contribution in [-0.2, 0) is 0 Å². The first-order chi connectivity index (χ1) is 6.60. The van der Waals surface area contributed by atoms with Crippen LogP contribution in [0.15, 0.2) is 4.99 Å². The summed E-state index contributed by atoms with van der Waals surface area (Å²) in [6.45, 7) is 1.78. The molecule has 4 nitrogen and oxygen atoms in total. The first kappa shape index (κ1) is 12.0. The van der Waals surface area contributed by atoms with Gasteiger partial charge in [0.25, 0.3) is 0 Å². The molecule has 0 radical (unpaired) electrons. The molecule has 1 fully saturated rings. The maximum Gasteiger partial charge on any atom is 0.103 e. The van der Waals surface area contributed by atoms with Crippen LogP contribution in [0.3, 0.4) is 0 Å². The first-order valence-electron chi connectivity index (χ1n) is 4.65. The van der Waals surface area contributed by atoms with Crippen LogP contribution in [0.2, 0.25) is 0 Å². The molecule has 14 heavy (non-hydrogen) atoms. The van der Waals surface area contributed by atoms with Gasteiger partial charge in [-0.2, -0.15) is 0 Å². The Morgan fingerprint density at radius 1 is 1.43 bits per heavy atom. The quantitative estimate of drug-likeness (QED) is 0.447. The minimum atomic E-state index is -0.844. The van der Waals surface area contributed by atoms with Gasteiger partial charge in [-0.25, -0.2) is 0 Å². The molecular weight excluding hydrogens is 202 g/mol. The van der Waals surface area contributed by atoms with Crippen molar-refractivity contribution >= 4 is 16.8 Å². The third-order valence-electron chi connectivity index (χ3n) is 2.65.